The first-order chi connectivity index (χ1) is 11.1. The van der Waals surface area contributed by atoms with Gasteiger partial charge in [0, 0.05) is 12.2 Å². The van der Waals surface area contributed by atoms with Crippen LogP contribution in [0.5, 0.6) is 5.75 Å². The van der Waals surface area contributed by atoms with Crippen molar-refractivity contribution in [2.24, 2.45) is 0 Å². The van der Waals surface area contributed by atoms with Crippen molar-refractivity contribution in [3.63, 3.8) is 0 Å². The predicted molar refractivity (Wildman–Crippen MR) is 82.8 cm³/mol. The Balaban J connectivity index is 2.81. The van der Waals surface area contributed by atoms with Crippen molar-refractivity contribution >= 4 is 17.6 Å². The third kappa shape index (κ3) is 6.81. The molecular formula is C15H20N2O6. The molecule has 4 N–H and O–H groups in total. The molecule has 0 unspecified atom stereocenters. The standard InChI is InChI=1S/C15H20N2O6/c1-22-14(20)10-13(15(21)16-6-7-18)17-11-2-4-12(5-3-11)23-9-8-19/h2-5,10,17-19H,6-9H2,1H3,(H,16,21)/b13-10+. The summed E-state index contributed by atoms with van der Waals surface area (Å²) in [5.74, 6) is -0.674. The average molecular weight is 324 g/mol. The number of esters is 1. The van der Waals surface area contributed by atoms with Crippen LogP contribution in [0.15, 0.2) is 36.0 Å². The van der Waals surface area contributed by atoms with E-state index in [1.54, 1.807) is 24.3 Å². The molecule has 1 rings (SSSR count). The summed E-state index contributed by atoms with van der Waals surface area (Å²) in [6.07, 6.45) is 1.02. The van der Waals surface area contributed by atoms with E-state index in [-0.39, 0.29) is 32.1 Å². The third-order valence-electron chi connectivity index (χ3n) is 2.60. The number of aliphatic hydroxyl groups is 2. The minimum Gasteiger partial charge on any atom is -0.491 e. The lowest BCUT2D eigenvalue weighted by Crippen LogP contribution is -2.31. The van der Waals surface area contributed by atoms with E-state index in [4.69, 9.17) is 14.9 Å². The molecule has 8 nitrogen and oxygen atoms in total. The number of carbonyl (C=O) groups excluding carboxylic acids is 2. The number of benzene rings is 1. The van der Waals surface area contributed by atoms with Crippen LogP contribution in [0.25, 0.3) is 0 Å². The molecule has 0 saturated heterocycles. The fraction of sp³-hybridized carbons (Fsp3) is 0.333. The normalized spacial score (nSPS) is 10.8. The van der Waals surface area contributed by atoms with Crippen molar-refractivity contribution in [2.75, 3.05) is 38.8 Å². The van der Waals surface area contributed by atoms with Crippen molar-refractivity contribution < 1.29 is 29.3 Å². The predicted octanol–water partition coefficient (Wildman–Crippen LogP) is -0.365. The van der Waals surface area contributed by atoms with E-state index in [0.29, 0.717) is 11.4 Å². The Morgan fingerprint density at radius 3 is 2.43 bits per heavy atom. The Kier molecular flexibility index (Phi) is 8.19. The van der Waals surface area contributed by atoms with Crippen molar-refractivity contribution in [3.05, 3.63) is 36.0 Å². The number of hydrogen-bond acceptors (Lipinski definition) is 7. The summed E-state index contributed by atoms with van der Waals surface area (Å²) in [6, 6.07) is 6.60. The molecule has 1 aromatic carbocycles. The quantitative estimate of drug-likeness (QED) is 0.362. The number of hydrogen-bond donors (Lipinski definition) is 4. The summed E-state index contributed by atoms with van der Waals surface area (Å²) in [5.41, 5.74) is 0.532. The summed E-state index contributed by atoms with van der Waals surface area (Å²) in [5, 5.41) is 22.7. The number of ether oxygens (including phenoxy) is 2. The van der Waals surface area contributed by atoms with Gasteiger partial charge in [0.05, 0.1) is 26.4 Å². The Morgan fingerprint density at radius 2 is 1.87 bits per heavy atom. The molecule has 23 heavy (non-hydrogen) atoms. The lowest BCUT2D eigenvalue weighted by atomic mass is 10.2. The summed E-state index contributed by atoms with van der Waals surface area (Å²) in [7, 11) is 1.20. The SMILES string of the molecule is COC(=O)/C=C(/Nc1ccc(OCCO)cc1)C(=O)NCCO. The van der Waals surface area contributed by atoms with Crippen LogP contribution in [-0.2, 0) is 14.3 Å². The lowest BCUT2D eigenvalue weighted by molar-refractivity contribution is -0.135. The second-order valence-corrected chi connectivity index (χ2v) is 4.28. The van der Waals surface area contributed by atoms with Gasteiger partial charge in [-0.15, -0.1) is 0 Å². The molecule has 0 bridgehead atoms. The molecule has 0 heterocycles. The van der Waals surface area contributed by atoms with Gasteiger partial charge in [0.25, 0.3) is 5.91 Å². The topological polar surface area (TPSA) is 117 Å². The highest BCUT2D eigenvalue weighted by Crippen LogP contribution is 2.17. The van der Waals surface area contributed by atoms with Crippen molar-refractivity contribution in [2.45, 2.75) is 0 Å². The fourth-order valence-electron chi connectivity index (χ4n) is 1.55. The summed E-state index contributed by atoms with van der Waals surface area (Å²) in [6.45, 7) is -0.0536. The zero-order chi connectivity index (χ0) is 17.1. The number of methoxy groups -OCH3 is 1. The highest BCUT2D eigenvalue weighted by molar-refractivity contribution is 6.01. The van der Waals surface area contributed by atoms with E-state index in [1.807, 2.05) is 0 Å². The van der Waals surface area contributed by atoms with Crippen LogP contribution >= 0.6 is 0 Å². The third-order valence-corrected chi connectivity index (χ3v) is 2.60. The van der Waals surface area contributed by atoms with Gasteiger partial charge in [-0.2, -0.15) is 0 Å². The van der Waals surface area contributed by atoms with Gasteiger partial charge < -0.3 is 30.3 Å². The molecule has 0 aliphatic carbocycles. The zero-order valence-electron chi connectivity index (χ0n) is 12.7. The molecule has 126 valence electrons. The number of nitrogens with one attached hydrogen (secondary N) is 2. The van der Waals surface area contributed by atoms with E-state index in [0.717, 1.165) is 6.08 Å². The van der Waals surface area contributed by atoms with Gasteiger partial charge in [-0.3, -0.25) is 4.79 Å². The van der Waals surface area contributed by atoms with E-state index >= 15 is 0 Å². The molecular weight excluding hydrogens is 304 g/mol. The molecule has 0 saturated carbocycles. The number of aliphatic hydroxyl groups excluding tert-OH is 2. The molecule has 1 amide bonds. The molecule has 8 heteroatoms. The molecule has 1 aromatic rings. The van der Waals surface area contributed by atoms with Gasteiger partial charge >= 0.3 is 5.97 Å². The first kappa shape index (κ1) is 18.5. The maximum atomic E-state index is 12.0. The first-order valence-electron chi connectivity index (χ1n) is 6.90. The van der Waals surface area contributed by atoms with Gasteiger partial charge in [0.15, 0.2) is 0 Å². The molecule has 0 atom stereocenters. The Morgan fingerprint density at radius 1 is 1.17 bits per heavy atom. The highest BCUT2D eigenvalue weighted by Gasteiger charge is 2.12. The number of carbonyl (C=O) groups is 2. The van der Waals surface area contributed by atoms with E-state index in [2.05, 4.69) is 15.4 Å². The van der Waals surface area contributed by atoms with Crippen LogP contribution in [0.3, 0.4) is 0 Å². The lowest BCUT2D eigenvalue weighted by Gasteiger charge is -2.12. The van der Waals surface area contributed by atoms with Crippen LogP contribution < -0.4 is 15.4 Å². The van der Waals surface area contributed by atoms with Crippen molar-refractivity contribution in [1.29, 1.82) is 0 Å². The molecule has 0 aliphatic heterocycles. The highest BCUT2D eigenvalue weighted by atomic mass is 16.5. The fourth-order valence-corrected chi connectivity index (χ4v) is 1.55. The largest absolute Gasteiger partial charge is 0.491 e. The first-order valence-corrected chi connectivity index (χ1v) is 6.90. The minimum absolute atomic E-state index is 0.0191. The molecule has 0 radical (unpaired) electrons. The zero-order valence-corrected chi connectivity index (χ0v) is 12.7. The van der Waals surface area contributed by atoms with Gasteiger partial charge in [-0.1, -0.05) is 0 Å². The molecule has 0 fully saturated rings. The number of anilines is 1. The Bertz CT molecular complexity index is 541. The van der Waals surface area contributed by atoms with Gasteiger partial charge in [0.1, 0.15) is 18.1 Å². The Hall–Kier alpha value is -2.58. The maximum absolute atomic E-state index is 12.0. The summed E-state index contributed by atoms with van der Waals surface area (Å²) >= 11 is 0. The second kappa shape index (κ2) is 10.2. The average Bonchev–Trinajstić information content (AvgIpc) is 2.58. The second-order valence-electron chi connectivity index (χ2n) is 4.28. The molecule has 0 aliphatic rings. The van der Waals surface area contributed by atoms with Crippen molar-refractivity contribution in [3.8, 4) is 5.75 Å². The van der Waals surface area contributed by atoms with Crippen LogP contribution in [0, 0.1) is 0 Å². The van der Waals surface area contributed by atoms with E-state index < -0.39 is 11.9 Å². The van der Waals surface area contributed by atoms with Crippen LogP contribution in [0.2, 0.25) is 0 Å². The summed E-state index contributed by atoms with van der Waals surface area (Å²) < 4.78 is 9.73. The van der Waals surface area contributed by atoms with E-state index in [9.17, 15) is 9.59 Å². The monoisotopic (exact) mass is 324 g/mol. The van der Waals surface area contributed by atoms with Crippen LogP contribution in [0.4, 0.5) is 5.69 Å². The van der Waals surface area contributed by atoms with Gasteiger partial charge in [-0.05, 0) is 24.3 Å². The molecule has 0 spiro atoms. The smallest absolute Gasteiger partial charge is 0.332 e. The van der Waals surface area contributed by atoms with Gasteiger partial charge in [0.2, 0.25) is 0 Å². The Labute approximate surface area is 133 Å². The van der Waals surface area contributed by atoms with Crippen LogP contribution in [0.1, 0.15) is 0 Å². The summed E-state index contributed by atoms with van der Waals surface area (Å²) in [4.78, 5) is 23.3. The number of amides is 1. The number of rotatable bonds is 9. The van der Waals surface area contributed by atoms with E-state index in [1.165, 1.54) is 7.11 Å². The van der Waals surface area contributed by atoms with Crippen molar-refractivity contribution in [1.82, 2.24) is 5.32 Å². The van der Waals surface area contributed by atoms with Crippen LogP contribution in [-0.4, -0.2) is 55.6 Å². The van der Waals surface area contributed by atoms with Gasteiger partial charge in [-0.25, -0.2) is 4.79 Å². The molecule has 0 aromatic heterocycles. The maximum Gasteiger partial charge on any atom is 0.332 e. The minimum atomic E-state index is -0.686.